The van der Waals surface area contributed by atoms with E-state index in [0.29, 0.717) is 12.1 Å². The molecule has 0 heterocycles. The third-order valence-corrected chi connectivity index (χ3v) is 10.3. The Morgan fingerprint density at radius 2 is 1.68 bits per heavy atom. The van der Waals surface area contributed by atoms with E-state index in [2.05, 4.69) is 21.2 Å². The monoisotopic (exact) mass is 784 g/mol. The zero-order valence-electron chi connectivity index (χ0n) is 28.0. The van der Waals surface area contributed by atoms with Crippen LogP contribution in [0, 0.1) is 23.0 Å². The van der Waals surface area contributed by atoms with Gasteiger partial charge in [0, 0.05) is 40.6 Å². The molecule has 4 rings (SSSR count). The normalized spacial score (nSPS) is 11.9. The van der Waals surface area contributed by atoms with Crippen molar-refractivity contribution in [3.63, 3.8) is 0 Å². The van der Waals surface area contributed by atoms with E-state index in [1.165, 1.54) is 49.3 Å². The molecule has 4 aromatic carbocycles. The van der Waals surface area contributed by atoms with Gasteiger partial charge in [-0.15, -0.1) is 0 Å². The summed E-state index contributed by atoms with van der Waals surface area (Å²) < 4.78 is 36.0. The summed E-state index contributed by atoms with van der Waals surface area (Å²) >= 11 is 9.82. The summed E-state index contributed by atoms with van der Waals surface area (Å²) in [6.45, 7) is 4.92. The van der Waals surface area contributed by atoms with Gasteiger partial charge in [-0.1, -0.05) is 89.9 Å². The maximum atomic E-state index is 14.7. The van der Waals surface area contributed by atoms with Gasteiger partial charge in [0.25, 0.3) is 15.7 Å². The van der Waals surface area contributed by atoms with E-state index in [1.807, 2.05) is 56.3 Å². The van der Waals surface area contributed by atoms with Crippen molar-refractivity contribution in [1.29, 1.82) is 0 Å². The van der Waals surface area contributed by atoms with Crippen molar-refractivity contribution in [3.05, 3.63) is 127 Å². The largest absolute Gasteiger partial charge is 0.495 e. The first-order valence-electron chi connectivity index (χ1n) is 15.7. The number of nitro groups is 1. The number of benzene rings is 4. The fourth-order valence-corrected chi connectivity index (χ4v) is 7.30. The summed E-state index contributed by atoms with van der Waals surface area (Å²) in [5, 5.41) is 14.9. The number of halogens is 2. The predicted molar refractivity (Wildman–Crippen MR) is 197 cm³/mol. The van der Waals surface area contributed by atoms with E-state index < -0.39 is 49.9 Å². The van der Waals surface area contributed by atoms with E-state index in [9.17, 15) is 28.1 Å². The van der Waals surface area contributed by atoms with Gasteiger partial charge < -0.3 is 15.0 Å². The molecule has 0 radical (unpaired) electrons. The molecule has 14 heteroatoms. The number of carbonyl (C=O) groups excluding carboxylic acids is 2. The lowest BCUT2D eigenvalue weighted by Gasteiger charge is -2.34. The van der Waals surface area contributed by atoms with Crippen molar-refractivity contribution < 1.29 is 27.7 Å². The van der Waals surface area contributed by atoms with Crippen LogP contribution in [0.5, 0.6) is 5.75 Å². The Bertz CT molecular complexity index is 1960. The molecule has 0 aliphatic carbocycles. The maximum Gasteiger partial charge on any atom is 0.273 e. The second kappa shape index (κ2) is 17.0. The number of hydrogen-bond acceptors (Lipinski definition) is 7. The van der Waals surface area contributed by atoms with E-state index in [4.69, 9.17) is 16.3 Å². The van der Waals surface area contributed by atoms with Crippen LogP contribution in [0.15, 0.2) is 100 Å². The highest BCUT2D eigenvalue weighted by molar-refractivity contribution is 9.10. The van der Waals surface area contributed by atoms with Gasteiger partial charge in [-0.2, -0.15) is 0 Å². The summed E-state index contributed by atoms with van der Waals surface area (Å²) in [6, 6.07) is 23.2. The fourth-order valence-electron chi connectivity index (χ4n) is 5.25. The number of anilines is 1. The molecule has 1 atom stereocenters. The topological polar surface area (TPSA) is 139 Å². The highest BCUT2D eigenvalue weighted by atomic mass is 79.9. The number of nitrogens with zero attached hydrogens (tertiary/aromatic N) is 3. The van der Waals surface area contributed by atoms with Crippen LogP contribution in [0.4, 0.5) is 11.4 Å². The molecule has 50 heavy (non-hydrogen) atoms. The Kier molecular flexibility index (Phi) is 13.0. The molecule has 0 aliphatic rings. The van der Waals surface area contributed by atoms with Gasteiger partial charge in [-0.25, -0.2) is 8.42 Å². The molecule has 4 aromatic rings. The molecular formula is C36H38BrClN4O7S. The zero-order chi connectivity index (χ0) is 36.6. The van der Waals surface area contributed by atoms with Crippen LogP contribution in [0.1, 0.15) is 30.5 Å². The minimum Gasteiger partial charge on any atom is -0.495 e. The molecule has 2 amide bonds. The van der Waals surface area contributed by atoms with E-state index in [0.717, 1.165) is 20.4 Å². The van der Waals surface area contributed by atoms with Crippen molar-refractivity contribution >= 4 is 60.7 Å². The predicted octanol–water partition coefficient (Wildman–Crippen LogP) is 6.94. The van der Waals surface area contributed by atoms with Crippen molar-refractivity contribution in [2.45, 2.75) is 44.7 Å². The summed E-state index contributed by atoms with van der Waals surface area (Å²) in [5.74, 6) is -0.908. The Balaban J connectivity index is 1.89. The van der Waals surface area contributed by atoms with Crippen LogP contribution in [-0.2, 0) is 32.6 Å². The number of nitrogens with one attached hydrogen (secondary N) is 1. The molecule has 0 unspecified atom stereocenters. The molecule has 0 saturated carbocycles. The summed E-state index contributed by atoms with van der Waals surface area (Å²) in [4.78, 5) is 40.8. The lowest BCUT2D eigenvalue weighted by atomic mass is 10.0. The third-order valence-electron chi connectivity index (χ3n) is 7.85. The van der Waals surface area contributed by atoms with Crippen molar-refractivity contribution in [2.75, 3.05) is 24.5 Å². The van der Waals surface area contributed by atoms with Crippen LogP contribution in [-0.4, -0.2) is 56.3 Å². The number of amides is 2. The molecule has 0 fully saturated rings. The summed E-state index contributed by atoms with van der Waals surface area (Å²) in [6.07, 6.45) is 0.141. The second-order valence-corrected chi connectivity index (χ2v) is 15.2. The Labute approximate surface area is 305 Å². The molecule has 0 aliphatic heterocycles. The molecule has 0 aromatic heterocycles. The lowest BCUT2D eigenvalue weighted by molar-refractivity contribution is -0.385. The highest BCUT2D eigenvalue weighted by Crippen LogP contribution is 2.36. The number of aryl methyl sites for hydroxylation is 1. The SMILES string of the molecule is COc1ccc(Cl)cc1N(CC(=O)N(Cc1cccc(Br)c1)[C@@H](Cc1ccccc1)C(=O)NCC(C)C)S(=O)(=O)c1ccc(C)c([N+](=O)[O-])c1. The average Bonchev–Trinajstić information content (AvgIpc) is 3.07. The summed E-state index contributed by atoms with van der Waals surface area (Å²) in [5.41, 5.74) is 1.26. The van der Waals surface area contributed by atoms with Gasteiger partial charge in [-0.05, 0) is 60.4 Å². The van der Waals surface area contributed by atoms with Crippen LogP contribution in [0.3, 0.4) is 0 Å². The summed E-state index contributed by atoms with van der Waals surface area (Å²) in [7, 11) is -3.34. The average molecular weight is 786 g/mol. The number of nitro benzene ring substituents is 1. The quantitative estimate of drug-likeness (QED) is 0.102. The van der Waals surface area contributed by atoms with Crippen LogP contribution < -0.4 is 14.4 Å². The Morgan fingerprint density at radius 1 is 0.980 bits per heavy atom. The van der Waals surface area contributed by atoms with Crippen molar-refractivity contribution in [2.24, 2.45) is 5.92 Å². The number of ether oxygens (including phenoxy) is 1. The van der Waals surface area contributed by atoms with Crippen molar-refractivity contribution in [1.82, 2.24) is 10.2 Å². The molecule has 11 nitrogen and oxygen atoms in total. The first-order valence-corrected chi connectivity index (χ1v) is 18.3. The highest BCUT2D eigenvalue weighted by Gasteiger charge is 2.36. The van der Waals surface area contributed by atoms with Gasteiger partial charge in [0.15, 0.2) is 0 Å². The third kappa shape index (κ3) is 9.61. The van der Waals surface area contributed by atoms with Crippen LogP contribution in [0.25, 0.3) is 0 Å². The molecule has 264 valence electrons. The second-order valence-electron chi connectivity index (χ2n) is 12.0. The minimum absolute atomic E-state index is 0.0402. The fraction of sp³-hybridized carbons (Fsp3) is 0.278. The van der Waals surface area contributed by atoms with Crippen LogP contribution in [0.2, 0.25) is 5.02 Å². The maximum absolute atomic E-state index is 14.7. The van der Waals surface area contributed by atoms with E-state index in [-0.39, 0.29) is 40.9 Å². The standard InChI is InChI=1S/C36H38BrClN4O7S/c1-24(2)21-39-36(44)33(18-26-9-6-5-7-10-26)40(22-27-11-8-12-28(37)17-27)35(43)23-41(32-19-29(38)14-16-34(32)49-4)50(47,48)30-15-13-25(3)31(20-30)42(45)46/h5-17,19-20,24,33H,18,21-23H2,1-4H3,(H,39,44)/t33-/m0/s1. The van der Waals surface area contributed by atoms with Gasteiger partial charge in [-0.3, -0.25) is 24.0 Å². The first kappa shape index (κ1) is 38.3. The van der Waals surface area contributed by atoms with E-state index in [1.54, 1.807) is 12.1 Å². The van der Waals surface area contributed by atoms with Gasteiger partial charge in [0.05, 0.1) is 22.6 Å². The van der Waals surface area contributed by atoms with Gasteiger partial charge >= 0.3 is 0 Å². The van der Waals surface area contributed by atoms with E-state index >= 15 is 0 Å². The van der Waals surface area contributed by atoms with Gasteiger partial charge in [0.2, 0.25) is 11.8 Å². The molecule has 0 bridgehead atoms. The first-order chi connectivity index (χ1) is 23.7. The van der Waals surface area contributed by atoms with Crippen LogP contribution >= 0.6 is 27.5 Å². The Hall–Kier alpha value is -4.46. The smallest absolute Gasteiger partial charge is 0.273 e. The van der Waals surface area contributed by atoms with Gasteiger partial charge in [0.1, 0.15) is 18.3 Å². The molecular weight excluding hydrogens is 748 g/mol. The number of rotatable bonds is 15. The van der Waals surface area contributed by atoms with Crippen molar-refractivity contribution in [3.8, 4) is 5.75 Å². The number of hydrogen-bond donors (Lipinski definition) is 1. The Morgan fingerprint density at radius 3 is 2.32 bits per heavy atom. The minimum atomic E-state index is -4.68. The molecule has 0 spiro atoms. The number of carbonyl (C=O) groups is 2. The number of methoxy groups -OCH3 is 1. The zero-order valence-corrected chi connectivity index (χ0v) is 31.2. The lowest BCUT2D eigenvalue weighted by Crippen LogP contribution is -2.53. The number of sulfonamides is 1. The molecule has 0 saturated heterocycles. The molecule has 1 N–H and O–H groups in total.